The van der Waals surface area contributed by atoms with Crippen molar-refractivity contribution in [3.63, 3.8) is 0 Å². The van der Waals surface area contributed by atoms with Crippen molar-refractivity contribution < 1.29 is 14.7 Å². The van der Waals surface area contributed by atoms with Crippen LogP contribution in [0.1, 0.15) is 0 Å². The Morgan fingerprint density at radius 3 is 1.57 bits per heavy atom. The number of aliphatic hydroxyl groups excluding tert-OH is 1. The molecule has 0 saturated carbocycles. The van der Waals surface area contributed by atoms with E-state index in [2.05, 4.69) is 5.73 Å². The third-order valence-corrected chi connectivity index (χ3v) is 1.07. The second kappa shape index (κ2) is 7.75. The number of hydrogen-bond donors (Lipinski definition) is 3. The fraction of sp³-hybridized carbons (Fsp3) is 0.111. The fourth-order valence-electron chi connectivity index (χ4n) is 0.562. The molecule has 4 N–H and O–H groups in total. The highest BCUT2D eigenvalue weighted by Crippen LogP contribution is 1.79. The van der Waals surface area contributed by atoms with E-state index in [-0.39, 0.29) is 0 Å². The first kappa shape index (κ1) is 12.1. The van der Waals surface area contributed by atoms with Crippen LogP contribution in [0.2, 0.25) is 0 Å². The highest BCUT2D eigenvalue weighted by Gasteiger charge is 1.98. The molecule has 0 aromatic heterocycles. The lowest BCUT2D eigenvalue weighted by molar-refractivity contribution is -0.122. The summed E-state index contributed by atoms with van der Waals surface area (Å²) in [4.78, 5) is 19.7. The van der Waals surface area contributed by atoms with Crippen LogP contribution in [0.3, 0.4) is 0 Å². The average molecular weight is 196 g/mol. The maximum atomic E-state index is 9.96. The normalized spacial score (nSPS) is 8.07. The summed E-state index contributed by atoms with van der Waals surface area (Å²) in [6, 6.07) is 11.0. The van der Waals surface area contributed by atoms with Crippen molar-refractivity contribution in [1.29, 1.82) is 0 Å². The van der Waals surface area contributed by atoms with E-state index in [1.165, 1.54) is 0 Å². The van der Waals surface area contributed by atoms with Gasteiger partial charge in [0.1, 0.15) is 6.61 Å². The summed E-state index contributed by atoms with van der Waals surface area (Å²) in [5.41, 5.74) is 4.49. The zero-order chi connectivity index (χ0) is 10.8. The number of urea groups is 1. The second-order valence-electron chi connectivity index (χ2n) is 2.23. The number of primary amides is 1. The summed E-state index contributed by atoms with van der Waals surface area (Å²) in [6.45, 7) is -0.719. The van der Waals surface area contributed by atoms with E-state index in [0.29, 0.717) is 0 Å². The first-order valence-electron chi connectivity index (χ1n) is 3.87. The van der Waals surface area contributed by atoms with Crippen molar-refractivity contribution in [2.45, 2.75) is 0 Å². The lowest BCUT2D eigenvalue weighted by atomic mass is 10.4. The molecule has 0 heterocycles. The molecule has 1 aromatic rings. The molecule has 3 amide bonds. The Hall–Kier alpha value is -1.88. The van der Waals surface area contributed by atoms with Gasteiger partial charge in [-0.2, -0.15) is 0 Å². The summed E-state index contributed by atoms with van der Waals surface area (Å²) in [5, 5.41) is 9.61. The number of aliphatic hydroxyl groups is 1. The quantitative estimate of drug-likeness (QED) is 0.583. The number of nitrogens with two attached hydrogens (primary N) is 1. The molecule has 0 aliphatic rings. The van der Waals surface area contributed by atoms with Crippen molar-refractivity contribution >= 4 is 11.9 Å². The third kappa shape index (κ3) is 8.22. The Morgan fingerprint density at radius 2 is 1.43 bits per heavy atom. The van der Waals surface area contributed by atoms with E-state index in [9.17, 15) is 9.59 Å². The summed E-state index contributed by atoms with van der Waals surface area (Å²) in [5.74, 6) is -0.794. The molecule has 0 unspecified atom stereocenters. The van der Waals surface area contributed by atoms with Gasteiger partial charge in [-0.15, -0.1) is 0 Å². The molecular formula is C9H12N2O3. The molecule has 0 spiro atoms. The Kier molecular flexibility index (Phi) is 6.71. The minimum atomic E-state index is -0.955. The van der Waals surface area contributed by atoms with Crippen molar-refractivity contribution in [1.82, 2.24) is 5.32 Å². The molecular weight excluding hydrogens is 184 g/mol. The predicted octanol–water partition coefficient (Wildman–Crippen LogP) is -0.140. The molecule has 1 aromatic carbocycles. The van der Waals surface area contributed by atoms with E-state index in [0.717, 1.165) is 0 Å². The number of benzene rings is 1. The van der Waals surface area contributed by atoms with Crippen molar-refractivity contribution in [3.8, 4) is 0 Å². The second-order valence-corrected chi connectivity index (χ2v) is 2.23. The van der Waals surface area contributed by atoms with Crippen molar-refractivity contribution in [2.24, 2.45) is 5.73 Å². The van der Waals surface area contributed by atoms with Gasteiger partial charge in [0.2, 0.25) is 0 Å². The SMILES string of the molecule is NC(=O)NC(=O)CO.c1ccccc1. The number of rotatable bonds is 1. The summed E-state index contributed by atoms with van der Waals surface area (Å²) in [7, 11) is 0. The van der Waals surface area contributed by atoms with Gasteiger partial charge in [-0.1, -0.05) is 36.4 Å². The lowest BCUT2D eigenvalue weighted by Crippen LogP contribution is -2.36. The summed E-state index contributed by atoms with van der Waals surface area (Å²) in [6.07, 6.45) is 0. The standard InChI is InChI=1S/C6H6.C3H6N2O3/c1-2-4-6-5-3-1;4-3(8)5-2(7)1-6/h1-6H;6H,1H2,(H3,4,5,7,8). The minimum Gasteiger partial charge on any atom is -0.387 e. The molecule has 14 heavy (non-hydrogen) atoms. The van der Waals surface area contributed by atoms with E-state index in [1.807, 2.05) is 36.4 Å². The highest BCUT2D eigenvalue weighted by molar-refractivity contribution is 5.93. The number of amides is 3. The van der Waals surface area contributed by atoms with Crippen molar-refractivity contribution in [2.75, 3.05) is 6.61 Å². The van der Waals surface area contributed by atoms with Gasteiger partial charge in [-0.3, -0.25) is 10.1 Å². The first-order chi connectivity index (χ1) is 6.66. The topological polar surface area (TPSA) is 92.4 Å². The van der Waals surface area contributed by atoms with Crippen LogP contribution >= 0.6 is 0 Å². The van der Waals surface area contributed by atoms with Crippen LogP contribution < -0.4 is 11.1 Å². The van der Waals surface area contributed by atoms with E-state index < -0.39 is 18.5 Å². The average Bonchev–Trinajstić information content (AvgIpc) is 2.20. The minimum absolute atomic E-state index is 0.719. The van der Waals surface area contributed by atoms with Crippen LogP contribution in [-0.2, 0) is 4.79 Å². The fourth-order valence-corrected chi connectivity index (χ4v) is 0.562. The van der Waals surface area contributed by atoms with Gasteiger partial charge in [0.05, 0.1) is 0 Å². The zero-order valence-electron chi connectivity index (χ0n) is 7.51. The van der Waals surface area contributed by atoms with Crippen LogP contribution in [0.25, 0.3) is 0 Å². The molecule has 0 atom stereocenters. The molecule has 76 valence electrons. The van der Waals surface area contributed by atoms with Crippen LogP contribution in [0.15, 0.2) is 36.4 Å². The van der Waals surface area contributed by atoms with Crippen LogP contribution in [0.5, 0.6) is 0 Å². The van der Waals surface area contributed by atoms with Gasteiger partial charge in [0.15, 0.2) is 0 Å². The molecule has 0 fully saturated rings. The van der Waals surface area contributed by atoms with Gasteiger partial charge in [0.25, 0.3) is 5.91 Å². The molecule has 0 aliphatic heterocycles. The molecule has 0 saturated heterocycles. The van der Waals surface area contributed by atoms with E-state index in [1.54, 1.807) is 5.32 Å². The van der Waals surface area contributed by atoms with Gasteiger partial charge < -0.3 is 10.8 Å². The molecule has 5 heteroatoms. The van der Waals surface area contributed by atoms with Crippen LogP contribution in [0.4, 0.5) is 4.79 Å². The molecule has 5 nitrogen and oxygen atoms in total. The molecule has 1 rings (SSSR count). The first-order valence-corrected chi connectivity index (χ1v) is 3.87. The number of hydrogen-bond acceptors (Lipinski definition) is 3. The lowest BCUT2D eigenvalue weighted by Gasteiger charge is -1.92. The predicted molar refractivity (Wildman–Crippen MR) is 51.3 cm³/mol. The summed E-state index contributed by atoms with van der Waals surface area (Å²) < 4.78 is 0. The maximum Gasteiger partial charge on any atom is 0.318 e. The largest absolute Gasteiger partial charge is 0.387 e. The molecule has 0 aliphatic carbocycles. The highest BCUT2D eigenvalue weighted by atomic mass is 16.3. The number of carbonyl (C=O) groups is 2. The number of nitrogens with one attached hydrogen (secondary N) is 1. The third-order valence-electron chi connectivity index (χ3n) is 1.07. The van der Waals surface area contributed by atoms with Gasteiger partial charge in [-0.25, -0.2) is 4.79 Å². The smallest absolute Gasteiger partial charge is 0.318 e. The van der Waals surface area contributed by atoms with Crippen LogP contribution in [-0.4, -0.2) is 23.7 Å². The zero-order valence-corrected chi connectivity index (χ0v) is 7.51. The Morgan fingerprint density at radius 1 is 1.07 bits per heavy atom. The van der Waals surface area contributed by atoms with Gasteiger partial charge in [0, 0.05) is 0 Å². The Balaban J connectivity index is 0.000000249. The van der Waals surface area contributed by atoms with Crippen LogP contribution in [0, 0.1) is 0 Å². The molecule has 0 radical (unpaired) electrons. The monoisotopic (exact) mass is 196 g/mol. The Bertz CT molecular complexity index is 248. The Labute approximate surface area is 81.5 Å². The number of carbonyl (C=O) groups excluding carboxylic acids is 2. The summed E-state index contributed by atoms with van der Waals surface area (Å²) >= 11 is 0. The van der Waals surface area contributed by atoms with Crippen molar-refractivity contribution in [3.05, 3.63) is 36.4 Å². The maximum absolute atomic E-state index is 9.96. The van der Waals surface area contributed by atoms with Gasteiger partial charge in [-0.05, 0) is 0 Å². The molecule has 0 bridgehead atoms. The van der Waals surface area contributed by atoms with Gasteiger partial charge >= 0.3 is 6.03 Å². The number of imide groups is 1. The van der Waals surface area contributed by atoms with E-state index in [4.69, 9.17) is 5.11 Å². The van der Waals surface area contributed by atoms with E-state index >= 15 is 0 Å².